The highest BCUT2D eigenvalue weighted by molar-refractivity contribution is 5.91. The van der Waals surface area contributed by atoms with Crippen LogP contribution in [0, 0.1) is 27.7 Å². The van der Waals surface area contributed by atoms with Crippen molar-refractivity contribution < 1.29 is 18.5 Å². The molecular weight excluding hydrogens is 308 g/mol. The summed E-state index contributed by atoms with van der Waals surface area (Å²) >= 11 is 0. The monoisotopic (exact) mass is 328 g/mol. The lowest BCUT2D eigenvalue weighted by Gasteiger charge is -2.08. The fraction of sp³-hybridized carbons (Fsp3) is 0.333. The van der Waals surface area contributed by atoms with Crippen LogP contribution in [0.4, 0.5) is 0 Å². The molecule has 0 N–H and O–H groups in total. The molecule has 24 heavy (non-hydrogen) atoms. The van der Waals surface area contributed by atoms with Crippen molar-refractivity contribution in [2.75, 3.05) is 0 Å². The van der Waals surface area contributed by atoms with Gasteiger partial charge < -0.3 is 18.2 Å². The number of furan rings is 1. The third-order valence-corrected chi connectivity index (χ3v) is 4.22. The molecule has 0 aliphatic carbocycles. The van der Waals surface area contributed by atoms with Crippen LogP contribution in [0.1, 0.15) is 44.5 Å². The predicted octanol–water partition coefficient (Wildman–Crippen LogP) is 3.71. The van der Waals surface area contributed by atoms with Gasteiger partial charge in [-0.25, -0.2) is 4.79 Å². The zero-order valence-electron chi connectivity index (χ0n) is 14.3. The lowest BCUT2D eigenvalue weighted by atomic mass is 10.2. The van der Waals surface area contributed by atoms with Gasteiger partial charge in [0.25, 0.3) is 0 Å². The van der Waals surface area contributed by atoms with Crippen LogP contribution in [0.15, 0.2) is 33.4 Å². The first-order chi connectivity index (χ1) is 11.5. The fourth-order valence-electron chi connectivity index (χ4n) is 2.73. The summed E-state index contributed by atoms with van der Waals surface area (Å²) < 4.78 is 17.9. The molecule has 0 aromatic carbocycles. The summed E-state index contributed by atoms with van der Waals surface area (Å²) in [7, 11) is 0. The molecule has 0 amide bonds. The number of carbonyl (C=O) groups is 1. The molecule has 3 aromatic rings. The minimum Gasteiger partial charge on any atom is -0.467 e. The average Bonchev–Trinajstić information content (AvgIpc) is 3.24. The molecule has 0 fully saturated rings. The summed E-state index contributed by atoms with van der Waals surface area (Å²) in [6.45, 7) is 8.24. The Hall–Kier alpha value is -2.76. The molecule has 0 bridgehead atoms. The largest absolute Gasteiger partial charge is 0.467 e. The summed E-state index contributed by atoms with van der Waals surface area (Å²) in [6.07, 6.45) is 1.64. The van der Waals surface area contributed by atoms with Gasteiger partial charge in [0.2, 0.25) is 0 Å². The highest BCUT2D eigenvalue weighted by Gasteiger charge is 2.19. The second kappa shape index (κ2) is 6.39. The minimum atomic E-state index is -0.353. The van der Waals surface area contributed by atoms with Crippen molar-refractivity contribution in [3.8, 4) is 0 Å². The van der Waals surface area contributed by atoms with Gasteiger partial charge in [-0.15, -0.1) is 0 Å². The lowest BCUT2D eigenvalue weighted by molar-refractivity contribution is 0.0470. The van der Waals surface area contributed by atoms with Crippen LogP contribution < -0.4 is 0 Å². The topological polar surface area (TPSA) is 70.4 Å². The molecule has 0 radical (unpaired) electrons. The second-order valence-corrected chi connectivity index (χ2v) is 5.83. The Bertz CT molecular complexity index is 837. The zero-order chi connectivity index (χ0) is 17.3. The summed E-state index contributed by atoms with van der Waals surface area (Å²) in [4.78, 5) is 12.4. The van der Waals surface area contributed by atoms with Gasteiger partial charge in [0, 0.05) is 11.4 Å². The molecule has 3 rings (SSSR count). The lowest BCUT2D eigenvalue weighted by Crippen LogP contribution is -2.09. The highest BCUT2D eigenvalue weighted by atomic mass is 16.5. The number of hydrogen-bond acceptors (Lipinski definition) is 5. The van der Waals surface area contributed by atoms with E-state index in [1.807, 2.05) is 43.5 Å². The van der Waals surface area contributed by atoms with Crippen LogP contribution in [0.2, 0.25) is 0 Å². The highest BCUT2D eigenvalue weighted by Crippen LogP contribution is 2.20. The molecule has 0 saturated carbocycles. The van der Waals surface area contributed by atoms with Crippen molar-refractivity contribution in [3.63, 3.8) is 0 Å². The summed E-state index contributed by atoms with van der Waals surface area (Å²) in [5.74, 6) is 1.16. The van der Waals surface area contributed by atoms with Gasteiger partial charge in [-0.2, -0.15) is 0 Å². The molecule has 6 heteroatoms. The molecule has 0 atom stereocenters. The Morgan fingerprint density at radius 1 is 1.29 bits per heavy atom. The third-order valence-electron chi connectivity index (χ3n) is 4.22. The summed E-state index contributed by atoms with van der Waals surface area (Å²) in [5, 5.41) is 3.86. The number of esters is 1. The van der Waals surface area contributed by atoms with E-state index >= 15 is 0 Å². The number of rotatable bonds is 5. The molecule has 0 aliphatic heterocycles. The maximum Gasteiger partial charge on any atom is 0.340 e. The fourth-order valence-corrected chi connectivity index (χ4v) is 2.73. The van der Waals surface area contributed by atoms with E-state index in [9.17, 15) is 4.79 Å². The smallest absolute Gasteiger partial charge is 0.340 e. The molecule has 126 valence electrons. The Labute approximate surface area is 140 Å². The van der Waals surface area contributed by atoms with Gasteiger partial charge in [0.1, 0.15) is 18.1 Å². The maximum absolute atomic E-state index is 12.4. The standard InChI is InChI=1S/C18H20N2O4/c1-11-8-16(13(3)20(11)9-15-6-5-7-22-15)18(21)23-10-17-12(2)19-24-14(17)4/h5-8H,9-10H2,1-4H3. The van der Waals surface area contributed by atoms with Crippen LogP contribution in [0.3, 0.4) is 0 Å². The summed E-state index contributed by atoms with van der Waals surface area (Å²) in [6, 6.07) is 5.60. The second-order valence-electron chi connectivity index (χ2n) is 5.83. The van der Waals surface area contributed by atoms with E-state index in [1.54, 1.807) is 13.2 Å². The number of aryl methyl sites for hydroxylation is 3. The molecular formula is C18H20N2O4. The van der Waals surface area contributed by atoms with Crippen molar-refractivity contribution in [1.82, 2.24) is 9.72 Å². The Morgan fingerprint density at radius 2 is 2.08 bits per heavy atom. The molecule has 3 heterocycles. The number of nitrogens with zero attached hydrogens (tertiary/aromatic N) is 2. The van der Waals surface area contributed by atoms with E-state index < -0.39 is 0 Å². The van der Waals surface area contributed by atoms with Crippen molar-refractivity contribution in [3.05, 3.63) is 64.2 Å². The Kier molecular flexibility index (Phi) is 4.29. The van der Waals surface area contributed by atoms with Crippen molar-refractivity contribution >= 4 is 5.97 Å². The number of ether oxygens (including phenoxy) is 1. The van der Waals surface area contributed by atoms with Crippen molar-refractivity contribution in [1.29, 1.82) is 0 Å². The van der Waals surface area contributed by atoms with Gasteiger partial charge in [0.15, 0.2) is 0 Å². The minimum absolute atomic E-state index is 0.155. The maximum atomic E-state index is 12.4. The first-order valence-corrected chi connectivity index (χ1v) is 7.75. The van der Waals surface area contributed by atoms with E-state index in [4.69, 9.17) is 13.7 Å². The predicted molar refractivity (Wildman–Crippen MR) is 86.8 cm³/mol. The molecule has 3 aromatic heterocycles. The molecule has 0 aliphatic rings. The molecule has 0 unspecified atom stereocenters. The van der Waals surface area contributed by atoms with Crippen LogP contribution in [-0.4, -0.2) is 15.7 Å². The van der Waals surface area contributed by atoms with E-state index in [-0.39, 0.29) is 12.6 Å². The van der Waals surface area contributed by atoms with Crippen LogP contribution in [0.25, 0.3) is 0 Å². The van der Waals surface area contributed by atoms with E-state index in [0.29, 0.717) is 17.9 Å². The quantitative estimate of drug-likeness (QED) is 0.668. The normalized spacial score (nSPS) is 11.0. The number of aromatic nitrogens is 2. The van der Waals surface area contributed by atoms with Crippen LogP contribution >= 0.6 is 0 Å². The Balaban J connectivity index is 1.76. The number of carbonyl (C=O) groups excluding carboxylic acids is 1. The zero-order valence-corrected chi connectivity index (χ0v) is 14.3. The third kappa shape index (κ3) is 2.99. The van der Waals surface area contributed by atoms with Crippen molar-refractivity contribution in [2.24, 2.45) is 0 Å². The van der Waals surface area contributed by atoms with E-state index in [0.717, 1.165) is 28.4 Å². The molecule has 6 nitrogen and oxygen atoms in total. The first kappa shape index (κ1) is 16.1. The van der Waals surface area contributed by atoms with Gasteiger partial charge in [0.05, 0.1) is 29.6 Å². The van der Waals surface area contributed by atoms with Crippen LogP contribution in [0.5, 0.6) is 0 Å². The SMILES string of the molecule is Cc1noc(C)c1COC(=O)c1cc(C)n(Cc2ccco2)c1C. The molecule has 0 spiro atoms. The van der Waals surface area contributed by atoms with E-state index in [2.05, 4.69) is 5.16 Å². The summed E-state index contributed by atoms with van der Waals surface area (Å²) in [5.41, 5.74) is 3.95. The van der Waals surface area contributed by atoms with Gasteiger partial charge in [-0.1, -0.05) is 5.16 Å². The van der Waals surface area contributed by atoms with Crippen molar-refractivity contribution in [2.45, 2.75) is 40.8 Å². The first-order valence-electron chi connectivity index (χ1n) is 7.75. The van der Waals surface area contributed by atoms with E-state index in [1.165, 1.54) is 0 Å². The van der Waals surface area contributed by atoms with Crippen LogP contribution in [-0.2, 0) is 17.9 Å². The average molecular weight is 328 g/mol. The van der Waals surface area contributed by atoms with Gasteiger partial charge >= 0.3 is 5.97 Å². The number of hydrogen-bond donors (Lipinski definition) is 0. The molecule has 0 saturated heterocycles. The Morgan fingerprint density at radius 3 is 2.71 bits per heavy atom. The van der Waals surface area contributed by atoms with Gasteiger partial charge in [-0.3, -0.25) is 0 Å². The van der Waals surface area contributed by atoms with Gasteiger partial charge in [-0.05, 0) is 45.9 Å².